The van der Waals surface area contributed by atoms with Crippen molar-refractivity contribution in [2.45, 2.75) is 32.2 Å². The van der Waals surface area contributed by atoms with Gasteiger partial charge in [-0.1, -0.05) is 60.7 Å². The second kappa shape index (κ2) is 11.8. The normalized spacial score (nSPS) is 16.9. The van der Waals surface area contributed by atoms with Crippen LogP contribution in [0.3, 0.4) is 0 Å². The smallest absolute Gasteiger partial charge is 0.477 e. The molecule has 5 rings (SSSR count). The maximum absolute atomic E-state index is 13.4. The van der Waals surface area contributed by atoms with Crippen molar-refractivity contribution >= 4 is 17.5 Å². The Hall–Kier alpha value is -4.67. The fourth-order valence-electron chi connectivity index (χ4n) is 5.08. The van der Waals surface area contributed by atoms with Gasteiger partial charge in [0.25, 0.3) is 0 Å². The van der Waals surface area contributed by atoms with Crippen LogP contribution in [0.1, 0.15) is 24.0 Å². The molecule has 11 heteroatoms. The fourth-order valence-corrected chi connectivity index (χ4v) is 5.08. The molecule has 0 saturated carbocycles. The van der Waals surface area contributed by atoms with E-state index in [4.69, 9.17) is 4.74 Å². The van der Waals surface area contributed by atoms with E-state index < -0.39 is 18.4 Å². The molecule has 3 aromatic carbocycles. The maximum Gasteiger partial charge on any atom is 0.573 e. The number of hydrogen-bond acceptors (Lipinski definition) is 5. The average Bonchev–Trinajstić information content (AvgIpc) is 3.50. The zero-order valence-corrected chi connectivity index (χ0v) is 22.6. The van der Waals surface area contributed by atoms with Gasteiger partial charge >= 0.3 is 12.4 Å². The summed E-state index contributed by atoms with van der Waals surface area (Å²) in [5.41, 5.74) is 2.66. The molecule has 1 saturated heterocycles. The third-order valence-corrected chi connectivity index (χ3v) is 6.89. The number of para-hydroxylation sites is 3. The van der Waals surface area contributed by atoms with E-state index in [2.05, 4.69) is 20.5 Å². The van der Waals surface area contributed by atoms with Crippen molar-refractivity contribution in [2.75, 3.05) is 29.9 Å². The molecule has 214 valence electrons. The first-order chi connectivity index (χ1) is 19.7. The Morgan fingerprint density at radius 3 is 2.32 bits per heavy atom. The first kappa shape index (κ1) is 27.9. The van der Waals surface area contributed by atoms with E-state index in [1.54, 1.807) is 21.7 Å². The summed E-state index contributed by atoms with van der Waals surface area (Å²) in [5, 5.41) is 10.5. The maximum atomic E-state index is 13.4. The first-order valence-electron chi connectivity index (χ1n) is 13.2. The van der Waals surface area contributed by atoms with E-state index in [9.17, 15) is 18.0 Å². The number of ether oxygens (including phenoxy) is 2. The highest BCUT2D eigenvalue weighted by atomic mass is 19.4. The predicted octanol–water partition coefficient (Wildman–Crippen LogP) is 6.27. The van der Waals surface area contributed by atoms with Gasteiger partial charge in [-0.05, 0) is 43.7 Å². The third kappa shape index (κ3) is 6.40. The van der Waals surface area contributed by atoms with Crippen molar-refractivity contribution in [3.05, 3.63) is 96.1 Å². The number of halogens is 3. The lowest BCUT2D eigenvalue weighted by Gasteiger charge is -2.22. The van der Waals surface area contributed by atoms with E-state index in [-0.39, 0.29) is 18.2 Å². The highest BCUT2D eigenvalue weighted by Gasteiger charge is 2.38. The number of amides is 2. The molecule has 1 fully saturated rings. The van der Waals surface area contributed by atoms with Gasteiger partial charge in [0.05, 0.1) is 29.6 Å². The summed E-state index contributed by atoms with van der Waals surface area (Å²) < 4.78 is 51.0. The van der Waals surface area contributed by atoms with Crippen LogP contribution in [-0.2, 0) is 0 Å². The molecule has 8 nitrogen and oxygen atoms in total. The van der Waals surface area contributed by atoms with Gasteiger partial charge in [0.15, 0.2) is 5.75 Å². The summed E-state index contributed by atoms with van der Waals surface area (Å²) in [5.74, 6) is 0.372. The lowest BCUT2D eigenvalue weighted by Crippen LogP contribution is -2.42. The summed E-state index contributed by atoms with van der Waals surface area (Å²) >= 11 is 0. The zero-order chi connectivity index (χ0) is 29.0. The van der Waals surface area contributed by atoms with Gasteiger partial charge in [-0.2, -0.15) is 0 Å². The van der Waals surface area contributed by atoms with E-state index in [0.29, 0.717) is 36.1 Å². The Morgan fingerprint density at radius 2 is 1.63 bits per heavy atom. The molecule has 1 aliphatic heterocycles. The van der Waals surface area contributed by atoms with Crippen molar-refractivity contribution in [1.29, 1.82) is 0 Å². The molecule has 0 spiro atoms. The summed E-state index contributed by atoms with van der Waals surface area (Å²) in [6.07, 6.45) is -4.83. The Morgan fingerprint density at radius 1 is 0.976 bits per heavy atom. The van der Waals surface area contributed by atoms with E-state index in [0.717, 1.165) is 11.3 Å². The van der Waals surface area contributed by atoms with Gasteiger partial charge in [-0.15, -0.1) is 18.3 Å². The molecule has 2 atom stereocenters. The van der Waals surface area contributed by atoms with Crippen molar-refractivity contribution in [2.24, 2.45) is 0 Å². The second-order valence-electron chi connectivity index (χ2n) is 9.60. The first-order valence-corrected chi connectivity index (χ1v) is 13.2. The minimum Gasteiger partial charge on any atom is -0.477 e. The molecule has 2 N–H and O–H groups in total. The number of nitrogens with one attached hydrogen (secondary N) is 2. The highest BCUT2D eigenvalue weighted by Crippen LogP contribution is 2.38. The number of carbonyl (C=O) groups excluding carboxylic acids is 1. The monoisotopic (exact) mass is 565 g/mol. The molecule has 2 heterocycles. The molecule has 2 amide bonds. The molecule has 0 unspecified atom stereocenters. The number of anilines is 2. The van der Waals surface area contributed by atoms with Crippen LogP contribution < -0.4 is 25.0 Å². The second-order valence-corrected chi connectivity index (χ2v) is 9.60. The summed E-state index contributed by atoms with van der Waals surface area (Å²) in [6.45, 7) is 4.73. The van der Waals surface area contributed by atoms with Gasteiger partial charge in [0.1, 0.15) is 5.82 Å². The number of rotatable bonds is 8. The molecule has 0 bridgehead atoms. The van der Waals surface area contributed by atoms with Gasteiger partial charge < -0.3 is 19.7 Å². The molecule has 1 aliphatic rings. The number of aromatic nitrogens is 2. The molecular formula is C30H30F3N5O3. The van der Waals surface area contributed by atoms with Gasteiger partial charge in [0, 0.05) is 19.0 Å². The Labute approximate surface area is 235 Å². The Kier molecular flexibility index (Phi) is 8.04. The van der Waals surface area contributed by atoms with Crippen LogP contribution in [0, 0.1) is 6.92 Å². The minimum absolute atomic E-state index is 0.194. The number of urea groups is 1. The number of alkyl halides is 3. The standard InChI is InChI=1S/C30H30F3N5O3/c1-3-40-28-20(2)27(38(36-28)22-14-8-5-9-15-22)35-29(39)34-24-19-37(18-23(24)21-12-6-4-7-13-21)25-16-10-11-17-26(25)41-30(31,32)33/h4-17,23-24H,3,18-19H2,1-2H3,(H2,34,35,39)/t23-,24+/m0/s1. The van der Waals surface area contributed by atoms with Crippen LogP contribution in [0.5, 0.6) is 11.6 Å². The van der Waals surface area contributed by atoms with Crippen LogP contribution in [0.2, 0.25) is 0 Å². The molecule has 41 heavy (non-hydrogen) atoms. The zero-order valence-electron chi connectivity index (χ0n) is 22.6. The van der Waals surface area contributed by atoms with E-state index >= 15 is 0 Å². The summed E-state index contributed by atoms with van der Waals surface area (Å²) in [6, 6.07) is 24.1. The minimum atomic E-state index is -4.83. The van der Waals surface area contributed by atoms with Crippen molar-refractivity contribution < 1.29 is 27.4 Å². The van der Waals surface area contributed by atoms with Crippen molar-refractivity contribution in [3.63, 3.8) is 0 Å². The van der Waals surface area contributed by atoms with E-state index in [1.165, 1.54) is 12.1 Å². The lowest BCUT2D eigenvalue weighted by atomic mass is 9.94. The van der Waals surface area contributed by atoms with E-state index in [1.807, 2.05) is 74.5 Å². The molecular weight excluding hydrogens is 535 g/mol. The number of carbonyl (C=O) groups is 1. The van der Waals surface area contributed by atoms with Gasteiger partial charge in [-0.25, -0.2) is 9.48 Å². The van der Waals surface area contributed by atoms with Crippen LogP contribution >= 0.6 is 0 Å². The van der Waals surface area contributed by atoms with Gasteiger partial charge in [0.2, 0.25) is 5.88 Å². The number of hydrogen-bond donors (Lipinski definition) is 2. The SMILES string of the molecule is CCOc1nn(-c2ccccc2)c(NC(=O)N[C@@H]2CN(c3ccccc3OC(F)(F)F)C[C@H]2c2ccccc2)c1C. The Bertz CT molecular complexity index is 1480. The van der Waals surface area contributed by atoms with Crippen LogP contribution in [0.25, 0.3) is 5.69 Å². The molecule has 0 aliphatic carbocycles. The number of benzene rings is 3. The highest BCUT2D eigenvalue weighted by molar-refractivity contribution is 5.90. The van der Waals surface area contributed by atoms with Crippen molar-refractivity contribution in [3.8, 4) is 17.3 Å². The topological polar surface area (TPSA) is 80.6 Å². The summed E-state index contributed by atoms with van der Waals surface area (Å²) in [4.78, 5) is 15.3. The van der Waals surface area contributed by atoms with Crippen LogP contribution in [-0.4, -0.2) is 47.9 Å². The Balaban J connectivity index is 1.41. The summed E-state index contributed by atoms with van der Waals surface area (Å²) in [7, 11) is 0. The molecule has 4 aromatic rings. The van der Waals surface area contributed by atoms with Crippen molar-refractivity contribution in [1.82, 2.24) is 15.1 Å². The van der Waals surface area contributed by atoms with Crippen LogP contribution in [0.4, 0.5) is 29.5 Å². The van der Waals surface area contributed by atoms with Crippen LogP contribution in [0.15, 0.2) is 84.9 Å². The average molecular weight is 566 g/mol. The lowest BCUT2D eigenvalue weighted by molar-refractivity contribution is -0.274. The molecule has 0 radical (unpaired) electrons. The molecule has 1 aromatic heterocycles. The largest absolute Gasteiger partial charge is 0.573 e. The fraction of sp³-hybridized carbons (Fsp3) is 0.267. The quantitative estimate of drug-likeness (QED) is 0.263. The predicted molar refractivity (Wildman–Crippen MR) is 150 cm³/mol. The third-order valence-electron chi connectivity index (χ3n) is 6.89. The number of nitrogens with zero attached hydrogens (tertiary/aromatic N) is 3. The van der Waals surface area contributed by atoms with Gasteiger partial charge in [-0.3, -0.25) is 5.32 Å².